The third-order valence-corrected chi connectivity index (χ3v) is 6.53. The molecule has 0 spiro atoms. The van der Waals surface area contributed by atoms with Crippen molar-refractivity contribution in [2.75, 3.05) is 13.1 Å². The Balaban J connectivity index is 1.87. The molecule has 3 aromatic rings. The monoisotopic (exact) mass is 385 g/mol. The average molecular weight is 385 g/mol. The summed E-state index contributed by atoms with van der Waals surface area (Å²) in [6.07, 6.45) is 1.90. The van der Waals surface area contributed by atoms with E-state index in [2.05, 4.69) is 0 Å². The van der Waals surface area contributed by atoms with Crippen LogP contribution in [0.15, 0.2) is 64.3 Å². The highest BCUT2D eigenvalue weighted by Gasteiger charge is 2.27. The summed E-state index contributed by atoms with van der Waals surface area (Å²) in [6.45, 7) is 1.18. The Hall–Kier alpha value is -2.87. The van der Waals surface area contributed by atoms with E-state index in [4.69, 9.17) is 0 Å². The number of amides is 1. The van der Waals surface area contributed by atoms with E-state index in [1.807, 2.05) is 0 Å². The van der Waals surface area contributed by atoms with Gasteiger partial charge in [0, 0.05) is 13.1 Å². The second kappa shape index (κ2) is 6.70. The second-order valence-electron chi connectivity index (χ2n) is 6.53. The van der Waals surface area contributed by atoms with Crippen molar-refractivity contribution in [1.82, 2.24) is 13.4 Å². The number of fused-ring (bicyclic) bond motifs is 1. The lowest BCUT2D eigenvalue weighted by Crippen LogP contribution is -2.36. The molecular weight excluding hydrogens is 366 g/mol. The topological polar surface area (TPSA) is 81.4 Å². The summed E-state index contributed by atoms with van der Waals surface area (Å²) in [7, 11) is -4.07. The average Bonchev–Trinajstić information content (AvgIpc) is 3.30. The Morgan fingerprint density at radius 3 is 2.15 bits per heavy atom. The fraction of sp³-hybridized carbons (Fsp3) is 0.263. The van der Waals surface area contributed by atoms with Gasteiger partial charge in [-0.1, -0.05) is 30.3 Å². The van der Waals surface area contributed by atoms with Crippen molar-refractivity contribution in [1.29, 1.82) is 0 Å². The molecule has 27 heavy (non-hydrogen) atoms. The van der Waals surface area contributed by atoms with Crippen molar-refractivity contribution in [3.05, 3.63) is 65.1 Å². The number of hydrogen-bond donors (Lipinski definition) is 0. The number of rotatable bonds is 4. The number of aromatic nitrogens is 2. The second-order valence-corrected chi connectivity index (χ2v) is 8.31. The Morgan fingerprint density at radius 2 is 1.48 bits per heavy atom. The van der Waals surface area contributed by atoms with Gasteiger partial charge in [-0.25, -0.2) is 13.2 Å². The Bertz CT molecular complexity index is 1160. The van der Waals surface area contributed by atoms with Gasteiger partial charge in [0.2, 0.25) is 5.91 Å². The molecular formula is C19H19N3O4S. The van der Waals surface area contributed by atoms with Gasteiger partial charge in [0.15, 0.2) is 0 Å². The first-order chi connectivity index (χ1) is 13.0. The minimum absolute atomic E-state index is 0.0286. The highest BCUT2D eigenvalue weighted by Crippen LogP contribution is 2.20. The summed E-state index contributed by atoms with van der Waals surface area (Å²) in [5, 5.41) is 0. The molecule has 0 atom stereocenters. The van der Waals surface area contributed by atoms with E-state index in [0.29, 0.717) is 18.6 Å². The predicted octanol–water partition coefficient (Wildman–Crippen LogP) is 1.66. The van der Waals surface area contributed by atoms with Gasteiger partial charge < -0.3 is 4.90 Å². The number of imidazole rings is 1. The van der Waals surface area contributed by atoms with Gasteiger partial charge in [0.25, 0.3) is 10.0 Å². The number of para-hydroxylation sites is 2. The molecule has 0 unspecified atom stereocenters. The van der Waals surface area contributed by atoms with Gasteiger partial charge >= 0.3 is 5.69 Å². The zero-order valence-electron chi connectivity index (χ0n) is 14.6. The number of likely N-dealkylation sites (tertiary alicyclic amines) is 1. The van der Waals surface area contributed by atoms with Crippen LogP contribution in [0.4, 0.5) is 0 Å². The summed E-state index contributed by atoms with van der Waals surface area (Å²) in [4.78, 5) is 27.3. The fourth-order valence-electron chi connectivity index (χ4n) is 3.46. The molecule has 1 fully saturated rings. The standard InChI is InChI=1S/C19H19N3O4S/c23-18(20-12-6-7-13-20)14-21-16-10-4-5-11-17(16)22(19(21)24)27(25,26)15-8-2-1-3-9-15/h1-5,8-11H,6-7,12-14H2. The molecule has 0 radical (unpaired) electrons. The molecule has 1 saturated heterocycles. The highest BCUT2D eigenvalue weighted by atomic mass is 32.2. The molecule has 0 saturated carbocycles. The lowest BCUT2D eigenvalue weighted by molar-refractivity contribution is -0.130. The molecule has 2 heterocycles. The maximum Gasteiger partial charge on any atom is 0.343 e. The first-order valence-corrected chi connectivity index (χ1v) is 10.2. The SMILES string of the molecule is O=C(Cn1c(=O)n(S(=O)(=O)c2ccccc2)c2ccccc21)N1CCCC1. The number of hydrogen-bond acceptors (Lipinski definition) is 4. The van der Waals surface area contributed by atoms with Crippen LogP contribution in [0.1, 0.15) is 12.8 Å². The molecule has 1 aliphatic rings. The van der Waals surface area contributed by atoms with Crippen LogP contribution in [0.3, 0.4) is 0 Å². The van der Waals surface area contributed by atoms with E-state index >= 15 is 0 Å². The van der Waals surface area contributed by atoms with Gasteiger partial charge in [-0.2, -0.15) is 3.97 Å². The molecule has 1 aromatic heterocycles. The molecule has 4 rings (SSSR count). The minimum Gasteiger partial charge on any atom is -0.341 e. The summed E-state index contributed by atoms with van der Waals surface area (Å²) < 4.78 is 28.2. The van der Waals surface area contributed by atoms with Gasteiger partial charge in [0.1, 0.15) is 6.54 Å². The third-order valence-electron chi connectivity index (χ3n) is 4.83. The van der Waals surface area contributed by atoms with Crippen LogP contribution in [0, 0.1) is 0 Å². The van der Waals surface area contributed by atoms with E-state index in [0.717, 1.165) is 16.8 Å². The smallest absolute Gasteiger partial charge is 0.341 e. The molecule has 140 valence electrons. The molecule has 7 nitrogen and oxygen atoms in total. The van der Waals surface area contributed by atoms with E-state index in [1.54, 1.807) is 47.4 Å². The van der Waals surface area contributed by atoms with Crippen LogP contribution < -0.4 is 5.69 Å². The van der Waals surface area contributed by atoms with Crippen LogP contribution in [0.5, 0.6) is 0 Å². The van der Waals surface area contributed by atoms with E-state index < -0.39 is 15.7 Å². The van der Waals surface area contributed by atoms with Crippen molar-refractivity contribution in [2.45, 2.75) is 24.3 Å². The fourth-order valence-corrected chi connectivity index (χ4v) is 4.89. The first kappa shape index (κ1) is 17.5. The minimum atomic E-state index is -4.07. The van der Waals surface area contributed by atoms with Crippen molar-refractivity contribution < 1.29 is 13.2 Å². The summed E-state index contributed by atoms with van der Waals surface area (Å²) in [5.41, 5.74) is -0.0391. The number of carbonyl (C=O) groups is 1. The highest BCUT2D eigenvalue weighted by molar-refractivity contribution is 7.90. The van der Waals surface area contributed by atoms with Crippen LogP contribution >= 0.6 is 0 Å². The predicted molar refractivity (Wildman–Crippen MR) is 101 cm³/mol. The van der Waals surface area contributed by atoms with E-state index in [9.17, 15) is 18.0 Å². The van der Waals surface area contributed by atoms with Gasteiger partial charge in [-0.3, -0.25) is 9.36 Å². The van der Waals surface area contributed by atoms with Gasteiger partial charge in [0.05, 0.1) is 15.9 Å². The van der Waals surface area contributed by atoms with Crippen LogP contribution in [-0.2, 0) is 21.4 Å². The molecule has 0 aliphatic carbocycles. The maximum absolute atomic E-state index is 13.1. The Labute approximate surface area is 156 Å². The van der Waals surface area contributed by atoms with E-state index in [1.165, 1.54) is 16.7 Å². The molecule has 2 aromatic carbocycles. The van der Waals surface area contributed by atoms with Crippen molar-refractivity contribution in [3.8, 4) is 0 Å². The molecule has 0 N–H and O–H groups in total. The first-order valence-electron chi connectivity index (χ1n) is 8.79. The van der Waals surface area contributed by atoms with Gasteiger partial charge in [-0.05, 0) is 37.1 Å². The largest absolute Gasteiger partial charge is 0.343 e. The number of benzene rings is 2. The Morgan fingerprint density at radius 1 is 0.889 bits per heavy atom. The maximum atomic E-state index is 13.1. The molecule has 0 bridgehead atoms. The summed E-state index contributed by atoms with van der Waals surface area (Å²) >= 11 is 0. The van der Waals surface area contributed by atoms with Crippen LogP contribution in [-0.4, -0.2) is 40.9 Å². The van der Waals surface area contributed by atoms with Crippen molar-refractivity contribution >= 4 is 27.0 Å². The van der Waals surface area contributed by atoms with E-state index in [-0.39, 0.29) is 22.9 Å². The van der Waals surface area contributed by atoms with Crippen LogP contribution in [0.2, 0.25) is 0 Å². The van der Waals surface area contributed by atoms with Crippen molar-refractivity contribution in [2.24, 2.45) is 0 Å². The summed E-state index contributed by atoms with van der Waals surface area (Å²) in [5.74, 6) is -0.172. The zero-order chi connectivity index (χ0) is 19.0. The molecule has 8 heteroatoms. The third kappa shape index (κ3) is 2.95. The van der Waals surface area contributed by atoms with Crippen LogP contribution in [0.25, 0.3) is 11.0 Å². The molecule has 1 amide bonds. The summed E-state index contributed by atoms with van der Waals surface area (Å²) in [6, 6.07) is 14.4. The lowest BCUT2D eigenvalue weighted by atomic mass is 10.3. The zero-order valence-corrected chi connectivity index (χ0v) is 15.4. The number of carbonyl (C=O) groups excluding carboxylic acids is 1. The van der Waals surface area contributed by atoms with Crippen molar-refractivity contribution in [3.63, 3.8) is 0 Å². The Kier molecular flexibility index (Phi) is 4.35. The lowest BCUT2D eigenvalue weighted by Gasteiger charge is -2.15. The quantitative estimate of drug-likeness (QED) is 0.684. The molecule has 1 aliphatic heterocycles. The number of nitrogens with zero attached hydrogens (tertiary/aromatic N) is 3. The van der Waals surface area contributed by atoms with Gasteiger partial charge in [-0.15, -0.1) is 0 Å². The normalized spacial score (nSPS) is 14.7.